The Hall–Kier alpha value is -2.40. The number of hydrogen-bond donors (Lipinski definition) is 0. The molecule has 0 saturated heterocycles. The van der Waals surface area contributed by atoms with Crippen LogP contribution < -0.4 is 4.74 Å². The lowest BCUT2D eigenvalue weighted by atomic mass is 10.1. The number of nitrogens with zero attached hydrogens (tertiary/aromatic N) is 2. The first-order valence-corrected chi connectivity index (χ1v) is 9.07. The van der Waals surface area contributed by atoms with E-state index in [1.54, 1.807) is 24.5 Å². The first kappa shape index (κ1) is 16.1. The zero-order valence-electron chi connectivity index (χ0n) is 13.6. The maximum atomic E-state index is 12.3. The van der Waals surface area contributed by atoms with Crippen LogP contribution in [0.1, 0.15) is 33.5 Å². The van der Waals surface area contributed by atoms with E-state index in [-0.39, 0.29) is 5.91 Å². The molecule has 4 nitrogen and oxygen atoms in total. The molecule has 0 N–H and O–H groups in total. The number of hydrogen-bond acceptors (Lipinski definition) is 3. The van der Waals surface area contributed by atoms with Crippen LogP contribution in [0, 0.1) is 0 Å². The van der Waals surface area contributed by atoms with Gasteiger partial charge in [-0.1, -0.05) is 18.2 Å². The van der Waals surface area contributed by atoms with Crippen molar-refractivity contribution in [2.24, 2.45) is 0 Å². The summed E-state index contributed by atoms with van der Waals surface area (Å²) in [6.07, 6.45) is 6.80. The molecule has 0 bridgehead atoms. The highest BCUT2D eigenvalue weighted by atomic mass is 79.9. The van der Waals surface area contributed by atoms with Crippen LogP contribution in [0.5, 0.6) is 5.75 Å². The number of aryl methyl sites for hydroxylation is 2. The van der Waals surface area contributed by atoms with Crippen molar-refractivity contribution in [1.29, 1.82) is 0 Å². The summed E-state index contributed by atoms with van der Waals surface area (Å²) in [5.74, 6) is 0.749. The molecule has 1 aromatic heterocycles. The van der Waals surface area contributed by atoms with Crippen molar-refractivity contribution in [3.8, 4) is 5.75 Å². The zero-order chi connectivity index (χ0) is 17.2. The summed E-state index contributed by atoms with van der Waals surface area (Å²) in [6, 6.07) is 13.8. The maximum Gasteiger partial charge on any atom is 0.278 e. The Morgan fingerprint density at radius 3 is 2.68 bits per heavy atom. The smallest absolute Gasteiger partial charge is 0.278 e. The van der Waals surface area contributed by atoms with Gasteiger partial charge < -0.3 is 4.74 Å². The second-order valence-electron chi connectivity index (χ2n) is 6.18. The van der Waals surface area contributed by atoms with Crippen molar-refractivity contribution in [3.05, 3.63) is 81.6 Å². The van der Waals surface area contributed by atoms with E-state index in [0.717, 1.165) is 22.2 Å². The van der Waals surface area contributed by atoms with Gasteiger partial charge in [0.05, 0.1) is 10.7 Å². The molecule has 3 aromatic rings. The highest BCUT2D eigenvalue weighted by molar-refractivity contribution is 9.10. The molecule has 126 valence electrons. The van der Waals surface area contributed by atoms with Crippen LogP contribution in [0.3, 0.4) is 0 Å². The summed E-state index contributed by atoms with van der Waals surface area (Å²) >= 11 is 3.29. The van der Waals surface area contributed by atoms with Crippen molar-refractivity contribution in [2.75, 3.05) is 0 Å². The number of halogens is 1. The molecule has 0 fully saturated rings. The van der Waals surface area contributed by atoms with E-state index in [2.05, 4.69) is 33.2 Å². The third-order valence-electron chi connectivity index (χ3n) is 4.44. The van der Waals surface area contributed by atoms with Gasteiger partial charge in [0.25, 0.3) is 5.91 Å². The minimum atomic E-state index is -0.156. The lowest BCUT2D eigenvalue weighted by molar-refractivity contribution is 0.0945. The van der Waals surface area contributed by atoms with Gasteiger partial charge in [-0.2, -0.15) is 5.10 Å². The van der Waals surface area contributed by atoms with Crippen LogP contribution >= 0.6 is 15.9 Å². The van der Waals surface area contributed by atoms with Crippen LogP contribution in [0.2, 0.25) is 0 Å². The van der Waals surface area contributed by atoms with Crippen LogP contribution in [0.4, 0.5) is 0 Å². The second-order valence-corrected chi connectivity index (χ2v) is 7.09. The van der Waals surface area contributed by atoms with Crippen LogP contribution in [0.15, 0.2) is 59.3 Å². The Morgan fingerprint density at radius 2 is 1.92 bits per heavy atom. The molecule has 0 radical (unpaired) electrons. The van der Waals surface area contributed by atoms with Gasteiger partial charge in [0.2, 0.25) is 0 Å². The van der Waals surface area contributed by atoms with Gasteiger partial charge in [-0.25, -0.2) is 4.68 Å². The normalized spacial score (nSPS) is 12.8. The molecule has 5 heteroatoms. The van der Waals surface area contributed by atoms with Gasteiger partial charge in [-0.05, 0) is 76.1 Å². The number of fused-ring (bicyclic) bond motifs is 1. The topological polar surface area (TPSA) is 44.1 Å². The molecule has 1 heterocycles. The molecular formula is C20H17BrN2O2. The number of rotatable bonds is 4. The number of benzene rings is 2. The van der Waals surface area contributed by atoms with Gasteiger partial charge >= 0.3 is 0 Å². The second kappa shape index (κ2) is 6.84. The minimum absolute atomic E-state index is 0.156. The largest absolute Gasteiger partial charge is 0.489 e. The fourth-order valence-electron chi connectivity index (χ4n) is 3.09. The van der Waals surface area contributed by atoms with E-state index in [1.807, 2.05) is 18.2 Å². The van der Waals surface area contributed by atoms with Crippen molar-refractivity contribution < 1.29 is 9.53 Å². The summed E-state index contributed by atoms with van der Waals surface area (Å²) in [6.45, 7) is 0.487. The average molecular weight is 397 g/mol. The Kier molecular flexibility index (Phi) is 4.40. The SMILES string of the molecule is O=C(c1ccc(COc2ccc3c(c2)CCC3)cc1)n1cc(Br)cn1. The molecule has 2 aromatic carbocycles. The van der Waals surface area contributed by atoms with Crippen molar-refractivity contribution in [1.82, 2.24) is 9.78 Å². The molecular weight excluding hydrogens is 380 g/mol. The van der Waals surface area contributed by atoms with Crippen LogP contribution in [0.25, 0.3) is 0 Å². The third kappa shape index (κ3) is 3.51. The predicted molar refractivity (Wildman–Crippen MR) is 98.9 cm³/mol. The van der Waals surface area contributed by atoms with Gasteiger partial charge in [-0.3, -0.25) is 4.79 Å². The zero-order valence-corrected chi connectivity index (χ0v) is 15.2. The first-order valence-electron chi connectivity index (χ1n) is 8.27. The Balaban J connectivity index is 1.41. The lowest BCUT2D eigenvalue weighted by Gasteiger charge is -2.09. The number of ether oxygens (including phenoxy) is 1. The molecule has 1 aliphatic carbocycles. The quantitative estimate of drug-likeness (QED) is 0.656. The number of aromatic nitrogens is 2. The monoisotopic (exact) mass is 396 g/mol. The van der Waals surface area contributed by atoms with E-state index < -0.39 is 0 Å². The van der Waals surface area contributed by atoms with E-state index in [4.69, 9.17) is 4.74 Å². The lowest BCUT2D eigenvalue weighted by Crippen LogP contribution is -2.12. The highest BCUT2D eigenvalue weighted by Gasteiger charge is 2.12. The Bertz CT molecular complexity index is 916. The number of carbonyl (C=O) groups excluding carboxylic acids is 1. The standard InChI is InChI=1S/C20H17BrN2O2/c21-18-11-22-23(12-18)20(24)16-6-4-14(5-7-16)13-25-19-9-8-15-2-1-3-17(15)10-19/h4-12H,1-3,13H2. The summed E-state index contributed by atoms with van der Waals surface area (Å²) in [7, 11) is 0. The summed E-state index contributed by atoms with van der Waals surface area (Å²) in [4.78, 5) is 12.3. The molecule has 0 saturated carbocycles. The van der Waals surface area contributed by atoms with Crippen molar-refractivity contribution in [2.45, 2.75) is 25.9 Å². The van der Waals surface area contributed by atoms with Gasteiger partial charge in [0.1, 0.15) is 12.4 Å². The number of carbonyl (C=O) groups is 1. The first-order chi connectivity index (χ1) is 12.2. The molecule has 0 amide bonds. The fraction of sp³-hybridized carbons (Fsp3) is 0.200. The van der Waals surface area contributed by atoms with Crippen LogP contribution in [-0.2, 0) is 19.4 Å². The predicted octanol–water partition coefficient (Wildman–Crippen LogP) is 4.40. The van der Waals surface area contributed by atoms with Crippen molar-refractivity contribution in [3.63, 3.8) is 0 Å². The van der Waals surface area contributed by atoms with E-state index in [0.29, 0.717) is 12.2 Å². The minimum Gasteiger partial charge on any atom is -0.489 e. The molecule has 4 rings (SSSR count). The summed E-state index contributed by atoms with van der Waals surface area (Å²) in [5.41, 5.74) is 4.47. The van der Waals surface area contributed by atoms with Gasteiger partial charge in [0.15, 0.2) is 0 Å². The molecule has 0 spiro atoms. The van der Waals surface area contributed by atoms with E-state index in [1.165, 1.54) is 28.7 Å². The summed E-state index contributed by atoms with van der Waals surface area (Å²) in [5, 5.41) is 4.01. The third-order valence-corrected chi connectivity index (χ3v) is 4.85. The highest BCUT2D eigenvalue weighted by Crippen LogP contribution is 2.26. The summed E-state index contributed by atoms with van der Waals surface area (Å²) < 4.78 is 7.99. The molecule has 0 unspecified atom stereocenters. The molecule has 0 aliphatic heterocycles. The molecule has 25 heavy (non-hydrogen) atoms. The van der Waals surface area contributed by atoms with E-state index >= 15 is 0 Å². The van der Waals surface area contributed by atoms with Gasteiger partial charge in [-0.15, -0.1) is 0 Å². The van der Waals surface area contributed by atoms with Crippen LogP contribution in [-0.4, -0.2) is 15.7 Å². The van der Waals surface area contributed by atoms with Crippen molar-refractivity contribution >= 4 is 21.8 Å². The van der Waals surface area contributed by atoms with E-state index in [9.17, 15) is 4.79 Å². The Labute approximate surface area is 154 Å². The van der Waals surface area contributed by atoms with Gasteiger partial charge in [0, 0.05) is 11.8 Å². The molecule has 0 atom stereocenters. The Morgan fingerprint density at radius 1 is 1.12 bits per heavy atom. The fourth-order valence-corrected chi connectivity index (χ4v) is 3.38. The molecule has 1 aliphatic rings. The average Bonchev–Trinajstić information content (AvgIpc) is 3.28. The maximum absolute atomic E-state index is 12.3.